The summed E-state index contributed by atoms with van der Waals surface area (Å²) < 4.78 is 55.4. The lowest BCUT2D eigenvalue weighted by Gasteiger charge is -2.26. The van der Waals surface area contributed by atoms with Gasteiger partial charge in [-0.2, -0.15) is 18.3 Å². The average molecular weight is 586 g/mol. The van der Waals surface area contributed by atoms with E-state index in [2.05, 4.69) is 20.5 Å². The Kier molecular flexibility index (Phi) is 13.7. The number of rotatable bonds is 10. The predicted molar refractivity (Wildman–Crippen MR) is 146 cm³/mol. The summed E-state index contributed by atoms with van der Waals surface area (Å²) in [4.78, 5) is 37.4. The van der Waals surface area contributed by atoms with Crippen molar-refractivity contribution in [1.29, 1.82) is 0 Å². The standard InChI is InChI=1S/C21H27FN4O2.C7H12F3NO2/c1-2-26-18(13-14-23-26)20(27)25-19(15-9-5-3-4-6-10-15)21(28)24-17-12-8-7-11-16(17)22;1-11(5-7(8,9)10)6(12)3-4-13-2/h7-8,11-15,19H,2-6,9-10H2,1H3,(H,24,28)(H,25,27);3-5H2,1-2H3. The molecule has 9 nitrogen and oxygen atoms in total. The van der Waals surface area contributed by atoms with Crippen LogP contribution in [0.1, 0.15) is 62.4 Å². The van der Waals surface area contributed by atoms with Crippen LogP contribution in [0.4, 0.5) is 23.2 Å². The maximum Gasteiger partial charge on any atom is 0.406 e. The number of nitrogens with zero attached hydrogens (tertiary/aromatic N) is 3. The first kappa shape index (κ1) is 33.7. The van der Waals surface area contributed by atoms with Gasteiger partial charge in [-0.25, -0.2) is 4.39 Å². The van der Waals surface area contributed by atoms with E-state index < -0.39 is 30.5 Å². The number of alkyl halides is 3. The zero-order valence-corrected chi connectivity index (χ0v) is 23.7. The molecule has 3 amide bonds. The maximum atomic E-state index is 14.0. The molecule has 1 heterocycles. The second-order valence-electron chi connectivity index (χ2n) is 9.81. The monoisotopic (exact) mass is 585 g/mol. The van der Waals surface area contributed by atoms with E-state index >= 15 is 0 Å². The molecule has 1 aromatic carbocycles. The smallest absolute Gasteiger partial charge is 0.384 e. The van der Waals surface area contributed by atoms with Gasteiger partial charge < -0.3 is 20.3 Å². The molecule has 0 spiro atoms. The molecule has 1 saturated carbocycles. The fraction of sp³-hybridized carbons (Fsp3) is 0.571. The molecule has 1 aromatic heterocycles. The number of carbonyl (C=O) groups is 3. The zero-order valence-electron chi connectivity index (χ0n) is 23.7. The summed E-state index contributed by atoms with van der Waals surface area (Å²) in [5.74, 6) is -1.76. The summed E-state index contributed by atoms with van der Waals surface area (Å²) in [6.07, 6.45) is 3.25. The number of hydrogen-bond acceptors (Lipinski definition) is 5. The SMILES string of the molecule is CCn1nccc1C(=O)NC(C(=O)Nc1ccccc1F)C1CCCCCC1.COCCC(=O)N(C)CC(F)(F)F. The fourth-order valence-electron chi connectivity index (χ4n) is 4.54. The number of carbonyl (C=O) groups excluding carboxylic acids is 3. The summed E-state index contributed by atoms with van der Waals surface area (Å²) in [6.45, 7) is 1.39. The third-order valence-electron chi connectivity index (χ3n) is 6.68. The van der Waals surface area contributed by atoms with Crippen molar-refractivity contribution in [2.45, 2.75) is 70.6 Å². The number of ether oxygens (including phenoxy) is 1. The van der Waals surface area contributed by atoms with Crippen LogP contribution < -0.4 is 10.6 Å². The highest BCUT2D eigenvalue weighted by Gasteiger charge is 2.32. The lowest BCUT2D eigenvalue weighted by atomic mass is 9.91. The van der Waals surface area contributed by atoms with Crippen molar-refractivity contribution in [3.05, 3.63) is 48.0 Å². The van der Waals surface area contributed by atoms with Crippen LogP contribution in [0, 0.1) is 11.7 Å². The van der Waals surface area contributed by atoms with Crippen LogP contribution in [0.2, 0.25) is 0 Å². The van der Waals surface area contributed by atoms with E-state index in [9.17, 15) is 31.9 Å². The second kappa shape index (κ2) is 16.7. The molecule has 3 rings (SSSR count). The normalized spacial score (nSPS) is 14.7. The Bertz CT molecular complexity index is 1120. The number of nitrogens with one attached hydrogen (secondary N) is 2. The average Bonchev–Trinajstić information content (AvgIpc) is 3.25. The molecule has 1 aliphatic rings. The van der Waals surface area contributed by atoms with Gasteiger partial charge in [-0.3, -0.25) is 19.1 Å². The third-order valence-corrected chi connectivity index (χ3v) is 6.68. The van der Waals surface area contributed by atoms with Crippen molar-refractivity contribution in [3.63, 3.8) is 0 Å². The van der Waals surface area contributed by atoms with Gasteiger partial charge >= 0.3 is 6.18 Å². The van der Waals surface area contributed by atoms with Gasteiger partial charge in [0, 0.05) is 26.9 Å². The van der Waals surface area contributed by atoms with Gasteiger partial charge in [0.2, 0.25) is 11.8 Å². The van der Waals surface area contributed by atoms with E-state index in [1.165, 1.54) is 19.2 Å². The van der Waals surface area contributed by atoms with Crippen LogP contribution in [0.3, 0.4) is 0 Å². The minimum Gasteiger partial charge on any atom is -0.384 e. The summed E-state index contributed by atoms with van der Waals surface area (Å²) in [5.41, 5.74) is 0.541. The highest BCUT2D eigenvalue weighted by molar-refractivity contribution is 6.00. The molecule has 0 saturated heterocycles. The Morgan fingerprint density at radius 3 is 2.37 bits per heavy atom. The van der Waals surface area contributed by atoms with Crippen LogP contribution in [0.15, 0.2) is 36.5 Å². The second-order valence-corrected chi connectivity index (χ2v) is 9.81. The van der Waals surface area contributed by atoms with Gasteiger partial charge in [0.05, 0.1) is 18.7 Å². The minimum atomic E-state index is -4.34. The minimum absolute atomic E-state index is 0.0243. The highest BCUT2D eigenvalue weighted by atomic mass is 19.4. The topological polar surface area (TPSA) is 106 Å². The van der Waals surface area contributed by atoms with E-state index in [0.717, 1.165) is 45.6 Å². The summed E-state index contributed by atoms with van der Waals surface area (Å²) in [7, 11) is 2.50. The van der Waals surface area contributed by atoms with Gasteiger partial charge in [-0.1, -0.05) is 37.8 Å². The first-order valence-corrected chi connectivity index (χ1v) is 13.6. The fourth-order valence-corrected chi connectivity index (χ4v) is 4.54. The Hall–Kier alpha value is -3.48. The maximum absolute atomic E-state index is 14.0. The predicted octanol–water partition coefficient (Wildman–Crippen LogP) is 4.79. The van der Waals surface area contributed by atoms with E-state index in [1.54, 1.807) is 29.1 Å². The molecule has 0 bridgehead atoms. The van der Waals surface area contributed by atoms with Crippen LogP contribution in [0.5, 0.6) is 0 Å². The zero-order chi connectivity index (χ0) is 30.4. The Labute approximate surface area is 237 Å². The molecular formula is C28H39F4N5O4. The molecule has 0 aliphatic heterocycles. The molecule has 1 aliphatic carbocycles. The van der Waals surface area contributed by atoms with Crippen molar-refractivity contribution in [2.24, 2.45) is 5.92 Å². The van der Waals surface area contributed by atoms with Gasteiger partial charge in [0.25, 0.3) is 5.91 Å². The van der Waals surface area contributed by atoms with Crippen molar-refractivity contribution >= 4 is 23.4 Å². The summed E-state index contributed by atoms with van der Waals surface area (Å²) in [5, 5.41) is 9.67. The number of methoxy groups -OCH3 is 1. The summed E-state index contributed by atoms with van der Waals surface area (Å²) in [6, 6.07) is 6.97. The Morgan fingerprint density at radius 2 is 1.78 bits per heavy atom. The molecule has 1 fully saturated rings. The van der Waals surface area contributed by atoms with Crippen LogP contribution in [0.25, 0.3) is 0 Å². The number of halogens is 4. The van der Waals surface area contributed by atoms with Crippen molar-refractivity contribution in [3.8, 4) is 0 Å². The number of anilines is 1. The highest BCUT2D eigenvalue weighted by Crippen LogP contribution is 2.27. The number of hydrogen-bond donors (Lipinski definition) is 2. The van der Waals surface area contributed by atoms with Gasteiger partial charge in [0.15, 0.2) is 0 Å². The van der Waals surface area contributed by atoms with E-state index in [0.29, 0.717) is 17.1 Å². The first-order valence-electron chi connectivity index (χ1n) is 13.6. The number of aromatic nitrogens is 2. The number of aryl methyl sites for hydroxylation is 1. The molecule has 1 atom stereocenters. The molecule has 0 radical (unpaired) electrons. The quantitative estimate of drug-likeness (QED) is 0.308. The van der Waals surface area contributed by atoms with Crippen LogP contribution >= 0.6 is 0 Å². The van der Waals surface area contributed by atoms with Gasteiger partial charge in [-0.15, -0.1) is 0 Å². The van der Waals surface area contributed by atoms with Crippen molar-refractivity contribution in [2.75, 3.05) is 32.6 Å². The molecule has 1 unspecified atom stereocenters. The lowest BCUT2D eigenvalue weighted by molar-refractivity contribution is -0.158. The van der Waals surface area contributed by atoms with Crippen molar-refractivity contribution in [1.82, 2.24) is 20.0 Å². The molecule has 228 valence electrons. The van der Waals surface area contributed by atoms with Crippen LogP contribution in [-0.2, 0) is 20.9 Å². The van der Waals surface area contributed by atoms with Gasteiger partial charge in [0.1, 0.15) is 24.1 Å². The number of amides is 3. The summed E-state index contributed by atoms with van der Waals surface area (Å²) >= 11 is 0. The number of benzene rings is 1. The van der Waals surface area contributed by atoms with E-state index in [1.807, 2.05) is 6.92 Å². The number of para-hydroxylation sites is 1. The lowest BCUT2D eigenvalue weighted by Crippen LogP contribution is -2.49. The Balaban J connectivity index is 0.000000383. The largest absolute Gasteiger partial charge is 0.406 e. The molecule has 13 heteroatoms. The van der Waals surface area contributed by atoms with E-state index in [4.69, 9.17) is 0 Å². The first-order chi connectivity index (χ1) is 19.5. The van der Waals surface area contributed by atoms with Crippen LogP contribution in [-0.4, -0.2) is 71.9 Å². The molecule has 2 N–H and O–H groups in total. The molecule has 2 aromatic rings. The Morgan fingerprint density at radius 1 is 1.12 bits per heavy atom. The van der Waals surface area contributed by atoms with E-state index in [-0.39, 0.29) is 36.4 Å². The van der Waals surface area contributed by atoms with Crippen molar-refractivity contribution < 1.29 is 36.7 Å². The third kappa shape index (κ3) is 11.5. The van der Waals surface area contributed by atoms with Gasteiger partial charge in [-0.05, 0) is 43.9 Å². The molecule has 41 heavy (non-hydrogen) atoms. The molecular weight excluding hydrogens is 546 g/mol.